The van der Waals surface area contributed by atoms with Crippen molar-refractivity contribution in [2.75, 3.05) is 5.32 Å². The van der Waals surface area contributed by atoms with E-state index in [1.54, 1.807) is 13.0 Å². The van der Waals surface area contributed by atoms with E-state index < -0.39 is 0 Å². The minimum atomic E-state index is -0.303. The number of nitrogens with one attached hydrogen (secondary N) is 1. The Balaban J connectivity index is 1.81. The summed E-state index contributed by atoms with van der Waals surface area (Å²) in [5.41, 5.74) is 2.26. The summed E-state index contributed by atoms with van der Waals surface area (Å²) in [6.07, 6.45) is 1.56. The second kappa shape index (κ2) is 8.29. The van der Waals surface area contributed by atoms with Gasteiger partial charge >= 0.3 is 0 Å². The number of carbonyl (C=O) groups excluding carboxylic acids is 1. The molecule has 2 heterocycles. The van der Waals surface area contributed by atoms with E-state index in [1.165, 1.54) is 6.07 Å². The monoisotopic (exact) mass is 383 g/mol. The Hall–Kier alpha value is -3.09. The molecule has 0 atom stereocenters. The van der Waals surface area contributed by atoms with Crippen LogP contribution in [0.2, 0.25) is 0 Å². The second-order valence-electron chi connectivity index (χ2n) is 6.88. The largest absolute Gasteiger partial charge is 0.485 e. The lowest BCUT2D eigenvalue weighted by molar-refractivity contribution is -0.120. The molecule has 3 aromatic rings. The van der Waals surface area contributed by atoms with Crippen molar-refractivity contribution >= 4 is 17.2 Å². The molecule has 0 spiro atoms. The Labute approximate surface area is 163 Å². The molecule has 28 heavy (non-hydrogen) atoms. The van der Waals surface area contributed by atoms with E-state index >= 15 is 0 Å². The second-order valence-corrected chi connectivity index (χ2v) is 6.88. The molecule has 0 aliphatic carbocycles. The van der Waals surface area contributed by atoms with Crippen LogP contribution in [0.25, 0.3) is 5.65 Å². The van der Waals surface area contributed by atoms with Gasteiger partial charge in [-0.05, 0) is 44.4 Å². The molecule has 3 rings (SSSR count). The van der Waals surface area contributed by atoms with Crippen LogP contribution in [0.4, 0.5) is 5.69 Å². The summed E-state index contributed by atoms with van der Waals surface area (Å²) in [6, 6.07) is 8.67. The number of rotatable bonds is 7. The Kier molecular flexibility index (Phi) is 5.82. The molecule has 1 N–H and O–H groups in total. The van der Waals surface area contributed by atoms with Gasteiger partial charge in [-0.2, -0.15) is 0 Å². The summed E-state index contributed by atoms with van der Waals surface area (Å²) < 4.78 is 12.3. The van der Waals surface area contributed by atoms with Gasteiger partial charge in [0.05, 0.1) is 11.4 Å². The topological polar surface area (TPSA) is 85.8 Å². The smallest absolute Gasteiger partial charge is 0.287 e. The summed E-state index contributed by atoms with van der Waals surface area (Å²) >= 11 is 0. The zero-order valence-corrected chi connectivity index (χ0v) is 16.6. The van der Waals surface area contributed by atoms with Crippen LogP contribution in [-0.4, -0.2) is 15.5 Å². The Morgan fingerprint density at radius 3 is 2.68 bits per heavy atom. The standard InChI is InChI=1S/C21H25N3O4/c1-5-15(6-2)21(26)23-17-9-13(3)7-8-18(17)27-12-16-11-20(25)24-19(22-16)10-14(4)28-24/h7-11,15H,5-6,12H2,1-4H3,(H,23,26). The van der Waals surface area contributed by atoms with Crippen LogP contribution in [-0.2, 0) is 11.4 Å². The van der Waals surface area contributed by atoms with Crippen LogP contribution in [0.15, 0.2) is 39.6 Å². The molecule has 0 aliphatic heterocycles. The zero-order valence-electron chi connectivity index (χ0n) is 16.6. The van der Waals surface area contributed by atoms with E-state index in [4.69, 9.17) is 9.26 Å². The van der Waals surface area contributed by atoms with Crippen molar-refractivity contribution in [1.29, 1.82) is 0 Å². The normalized spacial score (nSPS) is 11.2. The number of ether oxygens (including phenoxy) is 1. The van der Waals surface area contributed by atoms with Crippen molar-refractivity contribution in [2.45, 2.75) is 47.1 Å². The fraction of sp³-hybridized carbons (Fsp3) is 0.381. The molecule has 0 saturated carbocycles. The number of hydrogen-bond donors (Lipinski definition) is 1. The molecule has 0 fully saturated rings. The molecular formula is C21H25N3O4. The lowest BCUT2D eigenvalue weighted by Gasteiger charge is -2.16. The first-order chi connectivity index (χ1) is 13.4. The number of aryl methyl sites for hydroxylation is 2. The lowest BCUT2D eigenvalue weighted by atomic mass is 10.0. The average Bonchev–Trinajstić information content (AvgIpc) is 3.03. The van der Waals surface area contributed by atoms with Crippen molar-refractivity contribution in [3.63, 3.8) is 0 Å². The van der Waals surface area contributed by atoms with E-state index in [0.717, 1.165) is 23.0 Å². The van der Waals surface area contributed by atoms with E-state index in [1.807, 2.05) is 39.0 Å². The minimum Gasteiger partial charge on any atom is -0.485 e. The summed E-state index contributed by atoms with van der Waals surface area (Å²) in [5.74, 6) is 1.08. The Morgan fingerprint density at radius 2 is 1.96 bits per heavy atom. The first-order valence-electron chi connectivity index (χ1n) is 9.45. The fourth-order valence-electron chi connectivity index (χ4n) is 3.06. The third-order valence-corrected chi connectivity index (χ3v) is 4.65. The van der Waals surface area contributed by atoms with Crippen molar-refractivity contribution < 1.29 is 14.1 Å². The molecule has 2 aromatic heterocycles. The molecule has 0 bridgehead atoms. The van der Waals surface area contributed by atoms with Crippen LogP contribution in [0, 0.1) is 19.8 Å². The highest BCUT2D eigenvalue weighted by Gasteiger charge is 2.16. The first kappa shape index (κ1) is 19.7. The summed E-state index contributed by atoms with van der Waals surface area (Å²) in [4.78, 5) is 29.0. The maximum Gasteiger partial charge on any atom is 0.287 e. The van der Waals surface area contributed by atoms with Gasteiger partial charge in [-0.1, -0.05) is 19.9 Å². The van der Waals surface area contributed by atoms with Gasteiger partial charge in [-0.15, -0.1) is 4.57 Å². The number of anilines is 1. The molecular weight excluding hydrogens is 358 g/mol. The van der Waals surface area contributed by atoms with Gasteiger partial charge in [-0.25, -0.2) is 4.98 Å². The molecule has 1 aromatic carbocycles. The molecule has 0 saturated heterocycles. The van der Waals surface area contributed by atoms with E-state index in [0.29, 0.717) is 28.5 Å². The van der Waals surface area contributed by atoms with Gasteiger partial charge in [0, 0.05) is 18.1 Å². The summed E-state index contributed by atoms with van der Waals surface area (Å²) in [7, 11) is 0. The highest BCUT2D eigenvalue weighted by atomic mass is 16.5. The summed E-state index contributed by atoms with van der Waals surface area (Å²) in [6.45, 7) is 7.81. The number of aromatic nitrogens is 2. The van der Waals surface area contributed by atoms with Gasteiger partial charge in [0.1, 0.15) is 18.1 Å². The number of amides is 1. The van der Waals surface area contributed by atoms with Crippen LogP contribution >= 0.6 is 0 Å². The van der Waals surface area contributed by atoms with Crippen molar-refractivity contribution in [3.05, 3.63) is 57.7 Å². The third kappa shape index (κ3) is 4.24. The molecule has 148 valence electrons. The Morgan fingerprint density at radius 1 is 1.21 bits per heavy atom. The van der Waals surface area contributed by atoms with E-state index in [2.05, 4.69) is 10.3 Å². The minimum absolute atomic E-state index is 0.0212. The van der Waals surface area contributed by atoms with Crippen LogP contribution < -0.4 is 15.6 Å². The van der Waals surface area contributed by atoms with Gasteiger partial charge in [-0.3, -0.25) is 9.59 Å². The molecule has 7 heteroatoms. The predicted molar refractivity (Wildman–Crippen MR) is 107 cm³/mol. The lowest BCUT2D eigenvalue weighted by Crippen LogP contribution is -2.22. The highest BCUT2D eigenvalue weighted by molar-refractivity contribution is 5.94. The van der Waals surface area contributed by atoms with Crippen LogP contribution in [0.1, 0.15) is 43.7 Å². The van der Waals surface area contributed by atoms with Gasteiger partial charge < -0.3 is 14.6 Å². The van der Waals surface area contributed by atoms with Crippen LogP contribution in [0.5, 0.6) is 5.75 Å². The van der Waals surface area contributed by atoms with Crippen molar-refractivity contribution in [1.82, 2.24) is 9.56 Å². The van der Waals surface area contributed by atoms with Gasteiger partial charge in [0.25, 0.3) is 5.56 Å². The number of carbonyl (C=O) groups is 1. The first-order valence-corrected chi connectivity index (χ1v) is 9.45. The Bertz CT molecular complexity index is 1050. The zero-order chi connectivity index (χ0) is 20.3. The maximum atomic E-state index is 12.5. The quantitative estimate of drug-likeness (QED) is 0.670. The number of hydrogen-bond acceptors (Lipinski definition) is 5. The number of fused-ring (bicyclic) bond motifs is 1. The third-order valence-electron chi connectivity index (χ3n) is 4.65. The number of nitrogens with zero attached hydrogens (tertiary/aromatic N) is 2. The van der Waals surface area contributed by atoms with E-state index in [9.17, 15) is 9.59 Å². The molecule has 1 amide bonds. The number of benzene rings is 1. The molecule has 7 nitrogen and oxygen atoms in total. The summed E-state index contributed by atoms with van der Waals surface area (Å²) in [5, 5.41) is 2.97. The van der Waals surface area contributed by atoms with Crippen molar-refractivity contribution in [3.8, 4) is 5.75 Å². The molecule has 0 aliphatic rings. The van der Waals surface area contributed by atoms with E-state index in [-0.39, 0.29) is 24.0 Å². The van der Waals surface area contributed by atoms with Gasteiger partial charge in [0.2, 0.25) is 5.91 Å². The highest BCUT2D eigenvalue weighted by Crippen LogP contribution is 2.27. The van der Waals surface area contributed by atoms with Crippen molar-refractivity contribution in [2.24, 2.45) is 5.92 Å². The van der Waals surface area contributed by atoms with Crippen LogP contribution in [0.3, 0.4) is 0 Å². The molecule has 0 radical (unpaired) electrons. The fourth-order valence-corrected chi connectivity index (χ4v) is 3.06. The molecule has 0 unspecified atom stereocenters. The average molecular weight is 383 g/mol. The predicted octanol–water partition coefficient (Wildman–Crippen LogP) is 3.86. The SMILES string of the molecule is CCC(CC)C(=O)Nc1cc(C)ccc1OCc1cc(=O)n2oc(C)cc2n1. The maximum absolute atomic E-state index is 12.5. The van der Waals surface area contributed by atoms with Gasteiger partial charge in [0.15, 0.2) is 5.65 Å².